The van der Waals surface area contributed by atoms with Gasteiger partial charge >= 0.3 is 6.18 Å². The van der Waals surface area contributed by atoms with Crippen molar-refractivity contribution in [2.45, 2.75) is 6.18 Å². The summed E-state index contributed by atoms with van der Waals surface area (Å²) < 4.78 is 37.1. The Hall–Kier alpha value is -1.86. The number of carbonyl (C=O) groups excluding carboxylic acids is 1. The van der Waals surface area contributed by atoms with Gasteiger partial charge in [-0.2, -0.15) is 13.2 Å². The summed E-state index contributed by atoms with van der Waals surface area (Å²) in [5.41, 5.74) is -1.04. The molecule has 0 atom stereocenters. The first-order chi connectivity index (χ1) is 7.84. The molecule has 0 aliphatic carbocycles. The average molecular weight is 248 g/mol. The van der Waals surface area contributed by atoms with Crippen LogP contribution in [0.5, 0.6) is 0 Å². The van der Waals surface area contributed by atoms with Crippen LogP contribution in [0.1, 0.15) is 5.69 Å². The quantitative estimate of drug-likeness (QED) is 0.854. The van der Waals surface area contributed by atoms with Crippen LogP contribution in [0.2, 0.25) is 0 Å². The summed E-state index contributed by atoms with van der Waals surface area (Å²) in [6, 6.07) is 0.775. The molecule has 0 unspecified atom stereocenters. The molecule has 0 saturated heterocycles. The summed E-state index contributed by atoms with van der Waals surface area (Å²) in [6.45, 7) is -0.113. The molecular weight excluding hydrogens is 237 g/mol. The highest BCUT2D eigenvalue weighted by Gasteiger charge is 2.33. The van der Waals surface area contributed by atoms with Crippen molar-refractivity contribution < 1.29 is 18.0 Å². The molecule has 0 spiro atoms. The van der Waals surface area contributed by atoms with Crippen molar-refractivity contribution in [2.24, 2.45) is 0 Å². The number of carbonyl (C=O) groups is 1. The van der Waals surface area contributed by atoms with Gasteiger partial charge in [-0.1, -0.05) is 0 Å². The molecule has 0 aliphatic rings. The van der Waals surface area contributed by atoms with Gasteiger partial charge in [0.05, 0.1) is 6.54 Å². The van der Waals surface area contributed by atoms with Gasteiger partial charge in [0, 0.05) is 20.3 Å². The van der Waals surface area contributed by atoms with E-state index in [1.807, 2.05) is 0 Å². The first-order valence-corrected chi connectivity index (χ1v) is 4.66. The lowest BCUT2D eigenvalue weighted by molar-refractivity contribution is -0.141. The zero-order chi connectivity index (χ0) is 13.1. The number of likely N-dealkylation sites (N-methyl/N-ethyl adjacent to an activating group) is 2. The molecular formula is C9H11F3N4O. The third kappa shape index (κ3) is 3.58. The molecule has 1 N–H and O–H groups in total. The van der Waals surface area contributed by atoms with Crippen molar-refractivity contribution in [3.05, 3.63) is 18.0 Å². The van der Waals surface area contributed by atoms with Gasteiger partial charge in [-0.25, -0.2) is 9.97 Å². The smallest absolute Gasteiger partial charge is 0.358 e. The molecule has 1 rings (SSSR count). The first kappa shape index (κ1) is 13.2. The van der Waals surface area contributed by atoms with E-state index in [1.54, 1.807) is 0 Å². The van der Waals surface area contributed by atoms with Gasteiger partial charge in [-0.15, -0.1) is 0 Å². The minimum atomic E-state index is -4.52. The van der Waals surface area contributed by atoms with Gasteiger partial charge in [0.15, 0.2) is 0 Å². The molecule has 0 saturated carbocycles. The molecule has 0 fully saturated rings. The number of hydrogen-bond acceptors (Lipinski definition) is 4. The van der Waals surface area contributed by atoms with Crippen LogP contribution in [0.4, 0.5) is 19.1 Å². The Kier molecular flexibility index (Phi) is 3.87. The second kappa shape index (κ2) is 4.98. The summed E-state index contributed by atoms with van der Waals surface area (Å²) >= 11 is 0. The Morgan fingerprint density at radius 1 is 1.53 bits per heavy atom. The number of aromatic nitrogens is 2. The van der Waals surface area contributed by atoms with Crippen molar-refractivity contribution in [3.63, 3.8) is 0 Å². The molecule has 1 aromatic heterocycles. The number of nitrogens with one attached hydrogen (secondary N) is 1. The highest BCUT2D eigenvalue weighted by Crippen LogP contribution is 2.27. The third-order valence-electron chi connectivity index (χ3n) is 1.93. The van der Waals surface area contributed by atoms with Gasteiger partial charge < -0.3 is 10.2 Å². The molecule has 8 heteroatoms. The Morgan fingerprint density at radius 2 is 2.18 bits per heavy atom. The van der Waals surface area contributed by atoms with Crippen molar-refractivity contribution in [1.82, 2.24) is 15.3 Å². The Morgan fingerprint density at radius 3 is 2.71 bits per heavy atom. The topological polar surface area (TPSA) is 58.1 Å². The lowest BCUT2D eigenvalue weighted by Crippen LogP contribution is -2.34. The molecule has 0 aromatic carbocycles. The molecule has 94 valence electrons. The van der Waals surface area contributed by atoms with Crippen molar-refractivity contribution >= 4 is 11.9 Å². The zero-order valence-corrected chi connectivity index (χ0v) is 9.25. The fourth-order valence-electron chi connectivity index (χ4n) is 1.06. The number of nitrogens with zero attached hydrogens (tertiary/aromatic N) is 3. The van der Waals surface area contributed by atoms with Gasteiger partial charge in [0.25, 0.3) is 0 Å². The molecule has 1 heterocycles. The lowest BCUT2D eigenvalue weighted by Gasteiger charge is -2.16. The van der Waals surface area contributed by atoms with E-state index in [0.29, 0.717) is 0 Å². The van der Waals surface area contributed by atoms with Gasteiger partial charge in [-0.3, -0.25) is 4.79 Å². The van der Waals surface area contributed by atoms with Crippen LogP contribution in [0.3, 0.4) is 0 Å². The fourth-order valence-corrected chi connectivity index (χ4v) is 1.06. The largest absolute Gasteiger partial charge is 0.433 e. The number of alkyl halides is 3. The SMILES string of the molecule is CNC(=O)CN(C)c1nccc(C(F)(F)F)n1. The minimum absolute atomic E-state index is 0.113. The summed E-state index contributed by atoms with van der Waals surface area (Å²) in [7, 11) is 2.87. The number of hydrogen-bond donors (Lipinski definition) is 1. The molecule has 0 radical (unpaired) electrons. The van der Waals surface area contributed by atoms with Crippen LogP contribution < -0.4 is 10.2 Å². The maximum absolute atomic E-state index is 12.4. The van der Waals surface area contributed by atoms with E-state index >= 15 is 0 Å². The summed E-state index contributed by atoms with van der Waals surface area (Å²) in [4.78, 5) is 19.3. The van der Waals surface area contributed by atoms with Crippen LogP contribution in [-0.4, -0.2) is 36.5 Å². The monoisotopic (exact) mass is 248 g/mol. The van der Waals surface area contributed by atoms with Crippen molar-refractivity contribution in [1.29, 1.82) is 0 Å². The van der Waals surface area contributed by atoms with Gasteiger partial charge in [0.2, 0.25) is 11.9 Å². The Balaban J connectivity index is 2.88. The Bertz CT molecular complexity index is 407. The molecule has 5 nitrogen and oxygen atoms in total. The maximum atomic E-state index is 12.4. The van der Waals surface area contributed by atoms with Gasteiger partial charge in [0.1, 0.15) is 5.69 Å². The number of anilines is 1. The average Bonchev–Trinajstić information content (AvgIpc) is 2.28. The maximum Gasteiger partial charge on any atom is 0.433 e. The minimum Gasteiger partial charge on any atom is -0.358 e. The number of amides is 1. The predicted octanol–water partition coefficient (Wildman–Crippen LogP) is 0.678. The van der Waals surface area contributed by atoms with E-state index in [2.05, 4.69) is 15.3 Å². The van der Waals surface area contributed by atoms with Crippen LogP contribution in [0, 0.1) is 0 Å². The molecule has 0 bridgehead atoms. The second-order valence-electron chi connectivity index (χ2n) is 3.27. The van der Waals surface area contributed by atoms with E-state index in [9.17, 15) is 18.0 Å². The first-order valence-electron chi connectivity index (χ1n) is 4.66. The van der Waals surface area contributed by atoms with Crippen LogP contribution in [-0.2, 0) is 11.0 Å². The highest BCUT2D eigenvalue weighted by atomic mass is 19.4. The standard InChI is InChI=1S/C9H11F3N4O/c1-13-7(17)5-16(2)8-14-4-3-6(15-8)9(10,11)12/h3-4H,5H2,1-2H3,(H,13,17). The van der Waals surface area contributed by atoms with E-state index < -0.39 is 11.9 Å². The van der Waals surface area contributed by atoms with Crippen LogP contribution in [0.25, 0.3) is 0 Å². The fraction of sp³-hybridized carbons (Fsp3) is 0.444. The summed E-state index contributed by atoms with van der Waals surface area (Å²) in [5, 5.41) is 2.35. The van der Waals surface area contributed by atoms with E-state index in [0.717, 1.165) is 12.3 Å². The van der Waals surface area contributed by atoms with E-state index in [4.69, 9.17) is 0 Å². The van der Waals surface area contributed by atoms with Crippen molar-refractivity contribution in [2.75, 3.05) is 25.5 Å². The number of halogens is 3. The summed E-state index contributed by atoms with van der Waals surface area (Å²) in [5.74, 6) is -0.489. The molecule has 1 amide bonds. The Labute approximate surface area is 95.7 Å². The van der Waals surface area contributed by atoms with Gasteiger partial charge in [-0.05, 0) is 6.07 Å². The van der Waals surface area contributed by atoms with Crippen LogP contribution >= 0.6 is 0 Å². The third-order valence-corrected chi connectivity index (χ3v) is 1.93. The van der Waals surface area contributed by atoms with E-state index in [1.165, 1.54) is 19.0 Å². The molecule has 1 aromatic rings. The highest BCUT2D eigenvalue weighted by molar-refractivity contribution is 5.80. The second-order valence-corrected chi connectivity index (χ2v) is 3.27. The van der Waals surface area contributed by atoms with E-state index in [-0.39, 0.29) is 18.4 Å². The normalized spacial score (nSPS) is 11.1. The summed E-state index contributed by atoms with van der Waals surface area (Å²) in [6.07, 6.45) is -3.52. The lowest BCUT2D eigenvalue weighted by atomic mass is 10.4. The molecule has 17 heavy (non-hydrogen) atoms. The molecule has 0 aliphatic heterocycles. The zero-order valence-electron chi connectivity index (χ0n) is 9.25. The predicted molar refractivity (Wildman–Crippen MR) is 54.4 cm³/mol. The number of rotatable bonds is 3. The van der Waals surface area contributed by atoms with Crippen molar-refractivity contribution in [3.8, 4) is 0 Å². The van der Waals surface area contributed by atoms with Crippen LogP contribution in [0.15, 0.2) is 12.3 Å².